The Hall–Kier alpha value is -0.160. The van der Waals surface area contributed by atoms with Gasteiger partial charge in [0, 0.05) is 19.3 Å². The number of nitrogens with one attached hydrogen (secondary N) is 1. The molecule has 0 aromatic rings. The number of hydrazine groups is 1. The lowest BCUT2D eigenvalue weighted by Crippen LogP contribution is -2.51. The molecule has 1 heterocycles. The third-order valence-electron chi connectivity index (χ3n) is 3.60. The molecular weight excluding hydrogens is 216 g/mol. The van der Waals surface area contributed by atoms with Crippen LogP contribution in [0.1, 0.15) is 52.9 Å². The maximum atomic E-state index is 5.73. The lowest BCUT2D eigenvalue weighted by Gasteiger charge is -2.33. The van der Waals surface area contributed by atoms with Crippen molar-refractivity contribution in [1.29, 1.82) is 0 Å². The van der Waals surface area contributed by atoms with Crippen molar-refractivity contribution in [3.63, 3.8) is 0 Å². The summed E-state index contributed by atoms with van der Waals surface area (Å²) in [5.74, 6) is 5.62. The van der Waals surface area contributed by atoms with Crippen molar-refractivity contribution >= 4 is 0 Å². The molecule has 0 amide bonds. The van der Waals surface area contributed by atoms with Crippen LogP contribution in [0.15, 0.2) is 0 Å². The van der Waals surface area contributed by atoms with E-state index in [0.29, 0.717) is 6.10 Å². The average Bonchev–Trinajstić information content (AvgIpc) is 2.76. The van der Waals surface area contributed by atoms with E-state index in [1.54, 1.807) is 0 Å². The van der Waals surface area contributed by atoms with E-state index in [2.05, 4.69) is 19.3 Å². The highest BCUT2D eigenvalue weighted by Gasteiger charge is 2.29. The second kappa shape index (κ2) is 7.31. The van der Waals surface area contributed by atoms with Gasteiger partial charge in [0.15, 0.2) is 0 Å². The molecule has 4 nitrogen and oxygen atoms in total. The molecule has 0 aromatic heterocycles. The van der Waals surface area contributed by atoms with Gasteiger partial charge in [-0.3, -0.25) is 11.3 Å². The van der Waals surface area contributed by atoms with Crippen molar-refractivity contribution in [2.24, 2.45) is 5.84 Å². The quantitative estimate of drug-likeness (QED) is 0.506. The van der Waals surface area contributed by atoms with Gasteiger partial charge in [-0.2, -0.15) is 0 Å². The van der Waals surface area contributed by atoms with Gasteiger partial charge in [-0.15, -0.1) is 0 Å². The first-order valence-electron chi connectivity index (χ1n) is 6.82. The van der Waals surface area contributed by atoms with E-state index in [1.165, 1.54) is 12.8 Å². The Balaban J connectivity index is 2.25. The summed E-state index contributed by atoms with van der Waals surface area (Å²) in [7, 11) is 0. The minimum atomic E-state index is -0.208. The van der Waals surface area contributed by atoms with Crippen LogP contribution in [-0.4, -0.2) is 31.0 Å². The van der Waals surface area contributed by atoms with E-state index in [4.69, 9.17) is 15.3 Å². The first-order valence-corrected chi connectivity index (χ1v) is 6.82. The zero-order chi connectivity index (χ0) is 12.7. The van der Waals surface area contributed by atoms with Crippen LogP contribution >= 0.6 is 0 Å². The van der Waals surface area contributed by atoms with Gasteiger partial charge in [-0.05, 0) is 52.9 Å². The summed E-state index contributed by atoms with van der Waals surface area (Å²) in [5, 5.41) is 0. The smallest absolute Gasteiger partial charge is 0.0792 e. The van der Waals surface area contributed by atoms with Gasteiger partial charge in [0.25, 0.3) is 0 Å². The van der Waals surface area contributed by atoms with Crippen molar-refractivity contribution in [3.8, 4) is 0 Å². The van der Waals surface area contributed by atoms with Crippen molar-refractivity contribution in [2.75, 3.05) is 13.2 Å². The number of hydrogen-bond donors (Lipinski definition) is 2. The van der Waals surface area contributed by atoms with Crippen LogP contribution in [0.4, 0.5) is 0 Å². The SMILES string of the molecule is CCOC(C)(C)C(CCCC1CCCO1)NN. The summed E-state index contributed by atoms with van der Waals surface area (Å²) in [6, 6.07) is 0.198. The van der Waals surface area contributed by atoms with Crippen LogP contribution in [0.3, 0.4) is 0 Å². The molecule has 0 aliphatic carbocycles. The first-order chi connectivity index (χ1) is 8.10. The first kappa shape index (κ1) is 14.9. The highest BCUT2D eigenvalue weighted by atomic mass is 16.5. The Bertz CT molecular complexity index is 204. The van der Waals surface area contributed by atoms with E-state index in [9.17, 15) is 0 Å². The van der Waals surface area contributed by atoms with Crippen LogP contribution < -0.4 is 11.3 Å². The molecule has 1 aliphatic rings. The molecule has 0 spiro atoms. The summed E-state index contributed by atoms with van der Waals surface area (Å²) in [5.41, 5.74) is 2.68. The summed E-state index contributed by atoms with van der Waals surface area (Å²) in [6.07, 6.45) is 6.21. The van der Waals surface area contributed by atoms with Crippen LogP contribution in [0, 0.1) is 0 Å². The Morgan fingerprint density at radius 3 is 2.82 bits per heavy atom. The fourth-order valence-corrected chi connectivity index (χ4v) is 2.53. The zero-order valence-corrected chi connectivity index (χ0v) is 11.5. The number of hydrogen-bond acceptors (Lipinski definition) is 4. The van der Waals surface area contributed by atoms with E-state index >= 15 is 0 Å². The second-order valence-electron chi connectivity index (χ2n) is 5.32. The van der Waals surface area contributed by atoms with Crippen molar-refractivity contribution in [3.05, 3.63) is 0 Å². The lowest BCUT2D eigenvalue weighted by atomic mass is 9.93. The topological polar surface area (TPSA) is 56.5 Å². The monoisotopic (exact) mass is 244 g/mol. The molecule has 0 aromatic carbocycles. The molecule has 2 unspecified atom stereocenters. The Morgan fingerprint density at radius 1 is 1.53 bits per heavy atom. The minimum absolute atomic E-state index is 0.198. The summed E-state index contributed by atoms with van der Waals surface area (Å²) in [6.45, 7) is 7.85. The molecule has 102 valence electrons. The maximum Gasteiger partial charge on any atom is 0.0792 e. The van der Waals surface area contributed by atoms with Crippen molar-refractivity contribution in [2.45, 2.75) is 70.6 Å². The average molecular weight is 244 g/mol. The predicted molar refractivity (Wildman–Crippen MR) is 69.6 cm³/mol. The molecule has 0 bridgehead atoms. The highest BCUT2D eigenvalue weighted by Crippen LogP contribution is 2.22. The molecular formula is C13H28N2O2. The third-order valence-corrected chi connectivity index (χ3v) is 3.60. The van der Waals surface area contributed by atoms with Crippen LogP contribution in [-0.2, 0) is 9.47 Å². The lowest BCUT2D eigenvalue weighted by molar-refractivity contribution is -0.0413. The van der Waals surface area contributed by atoms with Crippen molar-refractivity contribution in [1.82, 2.24) is 5.43 Å². The minimum Gasteiger partial charge on any atom is -0.378 e. The largest absolute Gasteiger partial charge is 0.378 e. The van der Waals surface area contributed by atoms with Crippen LogP contribution in [0.2, 0.25) is 0 Å². The molecule has 1 saturated heterocycles. The van der Waals surface area contributed by atoms with E-state index in [-0.39, 0.29) is 11.6 Å². The molecule has 17 heavy (non-hydrogen) atoms. The van der Waals surface area contributed by atoms with Gasteiger partial charge in [0.1, 0.15) is 0 Å². The summed E-state index contributed by atoms with van der Waals surface area (Å²) >= 11 is 0. The number of ether oxygens (including phenoxy) is 2. The molecule has 3 N–H and O–H groups in total. The third kappa shape index (κ3) is 4.92. The van der Waals surface area contributed by atoms with Gasteiger partial charge in [-0.1, -0.05) is 0 Å². The predicted octanol–water partition coefficient (Wildman–Crippen LogP) is 1.98. The molecule has 2 atom stereocenters. The highest BCUT2D eigenvalue weighted by molar-refractivity contribution is 4.84. The fraction of sp³-hybridized carbons (Fsp3) is 1.00. The maximum absolute atomic E-state index is 5.73. The van der Waals surface area contributed by atoms with Gasteiger partial charge in [0.2, 0.25) is 0 Å². The van der Waals surface area contributed by atoms with Gasteiger partial charge >= 0.3 is 0 Å². The second-order valence-corrected chi connectivity index (χ2v) is 5.32. The number of nitrogens with two attached hydrogens (primary N) is 1. The Labute approximate surface area is 105 Å². The van der Waals surface area contributed by atoms with E-state index in [0.717, 1.165) is 32.5 Å². The van der Waals surface area contributed by atoms with Gasteiger partial charge in [0.05, 0.1) is 11.7 Å². The molecule has 1 fully saturated rings. The normalized spacial score (nSPS) is 22.9. The summed E-state index contributed by atoms with van der Waals surface area (Å²) in [4.78, 5) is 0. The molecule has 1 rings (SSSR count). The fourth-order valence-electron chi connectivity index (χ4n) is 2.53. The summed E-state index contributed by atoms with van der Waals surface area (Å²) < 4.78 is 11.3. The van der Waals surface area contributed by atoms with Gasteiger partial charge in [-0.25, -0.2) is 0 Å². The van der Waals surface area contributed by atoms with Crippen molar-refractivity contribution < 1.29 is 9.47 Å². The molecule has 0 saturated carbocycles. The molecule has 4 heteroatoms. The number of rotatable bonds is 8. The van der Waals surface area contributed by atoms with E-state index in [1.807, 2.05) is 6.92 Å². The molecule has 1 aliphatic heterocycles. The zero-order valence-electron chi connectivity index (χ0n) is 11.5. The van der Waals surface area contributed by atoms with Crippen LogP contribution in [0.5, 0.6) is 0 Å². The molecule has 0 radical (unpaired) electrons. The standard InChI is InChI=1S/C13H28N2O2/c1-4-17-13(2,3)12(15-14)9-5-7-11-8-6-10-16-11/h11-12,15H,4-10,14H2,1-3H3. The van der Waals surface area contributed by atoms with E-state index < -0.39 is 0 Å². The Kier molecular flexibility index (Phi) is 6.41. The Morgan fingerprint density at radius 2 is 2.29 bits per heavy atom. The van der Waals surface area contributed by atoms with Gasteiger partial charge < -0.3 is 9.47 Å². The van der Waals surface area contributed by atoms with Crippen LogP contribution in [0.25, 0.3) is 0 Å².